The molecule has 2 aromatic heterocycles. The number of benzene rings is 9. The van der Waals surface area contributed by atoms with E-state index in [1.807, 2.05) is 30.3 Å². The average molecular weight is 766 g/mol. The smallest absolute Gasteiger partial charge is 0.164 e. The van der Waals surface area contributed by atoms with E-state index in [4.69, 9.17) is 19.4 Å². The summed E-state index contributed by atoms with van der Waals surface area (Å²) in [5.41, 5.74) is 13.5. The van der Waals surface area contributed by atoms with Crippen LogP contribution in [0.2, 0.25) is 0 Å². The Labute approximate surface area is 347 Å². The molecule has 0 aliphatic heterocycles. The number of nitrogens with zero attached hydrogens (tertiary/aromatic N) is 3. The molecule has 0 saturated carbocycles. The van der Waals surface area contributed by atoms with Crippen molar-refractivity contribution in [3.8, 4) is 56.4 Å². The molecule has 0 unspecified atom stereocenters. The van der Waals surface area contributed by atoms with Crippen molar-refractivity contribution in [3.05, 3.63) is 235 Å². The second kappa shape index (κ2) is 13.6. The Kier molecular flexibility index (Phi) is 7.72. The fourth-order valence-corrected chi connectivity index (χ4v) is 9.58. The Balaban J connectivity index is 1.05. The summed E-state index contributed by atoms with van der Waals surface area (Å²) in [5, 5.41) is 4.42. The van der Waals surface area contributed by atoms with Gasteiger partial charge in [0.2, 0.25) is 0 Å². The van der Waals surface area contributed by atoms with Gasteiger partial charge >= 0.3 is 0 Å². The maximum atomic E-state index is 6.87. The lowest BCUT2D eigenvalue weighted by Gasteiger charge is -2.33. The fraction of sp³-hybridized carbons (Fsp3) is 0.0179. The predicted molar refractivity (Wildman–Crippen MR) is 244 cm³/mol. The molecule has 60 heavy (non-hydrogen) atoms. The van der Waals surface area contributed by atoms with Gasteiger partial charge in [-0.3, -0.25) is 0 Å². The number of hydrogen-bond donors (Lipinski definition) is 0. The standard InChI is InChI=1S/C56H35N3O/c1-3-17-37(18-4-1)53-57-54(39-31-30-36-16-7-8-19-38(36)34-39)59-55(58-53)46-25-10-9-22-42(46)45-26-15-29-50-52(45)47-33-32-41(35-51(47)60-50)56(40-20-5-2-6-21-40)48-27-13-11-23-43(48)44-24-12-14-28-49(44)56/h1-35H. The SMILES string of the molecule is c1ccc(-c2nc(-c3ccc4ccccc4c3)nc(-c3ccccc3-c3cccc4oc5cc(C6(c7ccccc7)c7ccccc7-c7ccccc76)ccc5c34)n2)cc1. The molecule has 0 bridgehead atoms. The largest absolute Gasteiger partial charge is 0.456 e. The van der Waals surface area contributed by atoms with Gasteiger partial charge < -0.3 is 4.42 Å². The first-order valence-corrected chi connectivity index (χ1v) is 20.4. The van der Waals surface area contributed by atoms with Gasteiger partial charge in [0.15, 0.2) is 17.5 Å². The average Bonchev–Trinajstić information content (AvgIpc) is 3.85. The molecule has 1 aliphatic rings. The van der Waals surface area contributed by atoms with Gasteiger partial charge in [-0.05, 0) is 73.5 Å². The third kappa shape index (κ3) is 5.21. The van der Waals surface area contributed by atoms with Crippen molar-refractivity contribution in [3.63, 3.8) is 0 Å². The van der Waals surface area contributed by atoms with Crippen LogP contribution in [0.1, 0.15) is 22.3 Å². The van der Waals surface area contributed by atoms with Gasteiger partial charge in [-0.1, -0.05) is 194 Å². The summed E-state index contributed by atoms with van der Waals surface area (Å²) in [6.07, 6.45) is 0. The van der Waals surface area contributed by atoms with E-state index >= 15 is 0 Å². The number of furan rings is 1. The van der Waals surface area contributed by atoms with E-state index in [2.05, 4.69) is 182 Å². The van der Waals surface area contributed by atoms with Crippen LogP contribution in [0, 0.1) is 0 Å². The second-order valence-corrected chi connectivity index (χ2v) is 15.5. The van der Waals surface area contributed by atoms with Gasteiger partial charge in [0, 0.05) is 27.5 Å². The van der Waals surface area contributed by atoms with Crippen molar-refractivity contribution in [2.75, 3.05) is 0 Å². The molecule has 11 aromatic rings. The minimum absolute atomic E-state index is 0.519. The second-order valence-electron chi connectivity index (χ2n) is 15.5. The molecule has 0 spiro atoms. The van der Waals surface area contributed by atoms with Gasteiger partial charge in [0.05, 0.1) is 5.41 Å². The summed E-state index contributed by atoms with van der Waals surface area (Å²) in [5.74, 6) is 1.86. The maximum Gasteiger partial charge on any atom is 0.164 e. The molecule has 1 aliphatic carbocycles. The van der Waals surface area contributed by atoms with E-state index in [-0.39, 0.29) is 0 Å². The lowest BCUT2D eigenvalue weighted by Crippen LogP contribution is -2.28. The van der Waals surface area contributed by atoms with E-state index in [0.29, 0.717) is 17.5 Å². The van der Waals surface area contributed by atoms with Gasteiger partial charge in [0.25, 0.3) is 0 Å². The maximum absolute atomic E-state index is 6.87. The van der Waals surface area contributed by atoms with Crippen LogP contribution in [0.4, 0.5) is 0 Å². The number of rotatable bonds is 6. The molecule has 280 valence electrons. The summed E-state index contributed by atoms with van der Waals surface area (Å²) >= 11 is 0. The van der Waals surface area contributed by atoms with Crippen LogP contribution in [-0.2, 0) is 5.41 Å². The molecular weight excluding hydrogens is 731 g/mol. The lowest BCUT2D eigenvalue weighted by molar-refractivity contribution is 0.665. The molecule has 0 fully saturated rings. The highest BCUT2D eigenvalue weighted by atomic mass is 16.3. The third-order valence-corrected chi connectivity index (χ3v) is 12.2. The molecule has 0 N–H and O–H groups in total. The highest BCUT2D eigenvalue weighted by molar-refractivity contribution is 6.14. The quantitative estimate of drug-likeness (QED) is 0.169. The molecular formula is C56H35N3O. The lowest BCUT2D eigenvalue weighted by atomic mass is 9.67. The first-order chi connectivity index (χ1) is 29.7. The van der Waals surface area contributed by atoms with Crippen LogP contribution in [0.15, 0.2) is 217 Å². The van der Waals surface area contributed by atoms with Crippen LogP contribution in [-0.4, -0.2) is 15.0 Å². The normalized spacial score (nSPS) is 12.8. The summed E-state index contributed by atoms with van der Waals surface area (Å²) in [6, 6.07) is 75.1. The molecule has 9 aromatic carbocycles. The van der Waals surface area contributed by atoms with Crippen molar-refractivity contribution < 1.29 is 4.42 Å². The highest BCUT2D eigenvalue weighted by Gasteiger charge is 2.46. The highest BCUT2D eigenvalue weighted by Crippen LogP contribution is 2.56. The van der Waals surface area contributed by atoms with E-state index in [9.17, 15) is 0 Å². The third-order valence-electron chi connectivity index (χ3n) is 12.2. The van der Waals surface area contributed by atoms with Crippen molar-refractivity contribution in [1.29, 1.82) is 0 Å². The number of fused-ring (bicyclic) bond motifs is 7. The molecule has 0 saturated heterocycles. The van der Waals surface area contributed by atoms with Crippen LogP contribution >= 0.6 is 0 Å². The minimum Gasteiger partial charge on any atom is -0.456 e. The molecule has 12 rings (SSSR count). The number of aromatic nitrogens is 3. The van der Waals surface area contributed by atoms with Crippen molar-refractivity contribution in [1.82, 2.24) is 15.0 Å². The molecule has 4 heteroatoms. The van der Waals surface area contributed by atoms with Crippen LogP contribution in [0.25, 0.3) is 89.1 Å². The van der Waals surface area contributed by atoms with Crippen LogP contribution in [0.3, 0.4) is 0 Å². The van der Waals surface area contributed by atoms with Crippen molar-refractivity contribution >= 4 is 32.7 Å². The topological polar surface area (TPSA) is 51.8 Å². The van der Waals surface area contributed by atoms with Crippen LogP contribution < -0.4 is 0 Å². The zero-order chi connectivity index (χ0) is 39.6. The summed E-state index contributed by atoms with van der Waals surface area (Å²) in [4.78, 5) is 15.4. The zero-order valence-corrected chi connectivity index (χ0v) is 32.5. The minimum atomic E-state index is -0.519. The monoisotopic (exact) mass is 765 g/mol. The van der Waals surface area contributed by atoms with E-state index in [1.54, 1.807) is 0 Å². The Bertz CT molecular complexity index is 3400. The van der Waals surface area contributed by atoms with Gasteiger partial charge in [-0.25, -0.2) is 15.0 Å². The zero-order valence-electron chi connectivity index (χ0n) is 32.5. The Morgan fingerprint density at radius 3 is 1.67 bits per heavy atom. The van der Waals surface area contributed by atoms with Gasteiger partial charge in [0.1, 0.15) is 11.2 Å². The van der Waals surface area contributed by atoms with Crippen LogP contribution in [0.5, 0.6) is 0 Å². The van der Waals surface area contributed by atoms with Gasteiger partial charge in [-0.2, -0.15) is 0 Å². The molecule has 2 heterocycles. The van der Waals surface area contributed by atoms with Crippen molar-refractivity contribution in [2.45, 2.75) is 5.41 Å². The molecule has 0 atom stereocenters. The summed E-state index contributed by atoms with van der Waals surface area (Å²) in [6.45, 7) is 0. The first kappa shape index (κ1) is 34.1. The van der Waals surface area contributed by atoms with E-state index in [0.717, 1.165) is 55.1 Å². The fourth-order valence-electron chi connectivity index (χ4n) is 9.58. The molecule has 4 nitrogen and oxygen atoms in total. The first-order valence-electron chi connectivity index (χ1n) is 20.4. The number of hydrogen-bond acceptors (Lipinski definition) is 4. The van der Waals surface area contributed by atoms with Crippen molar-refractivity contribution in [2.24, 2.45) is 0 Å². The Morgan fingerprint density at radius 2 is 0.917 bits per heavy atom. The van der Waals surface area contributed by atoms with E-state index < -0.39 is 5.41 Å². The Hall–Kier alpha value is -7.95. The predicted octanol–water partition coefficient (Wildman–Crippen LogP) is 14.0. The summed E-state index contributed by atoms with van der Waals surface area (Å²) < 4.78 is 6.87. The summed E-state index contributed by atoms with van der Waals surface area (Å²) in [7, 11) is 0. The van der Waals surface area contributed by atoms with Gasteiger partial charge in [-0.15, -0.1) is 0 Å². The molecule has 0 radical (unpaired) electrons. The molecule has 0 amide bonds. The van der Waals surface area contributed by atoms with E-state index in [1.165, 1.54) is 38.8 Å². The Morgan fingerprint density at radius 1 is 0.333 bits per heavy atom.